The average Bonchev–Trinajstić information content (AvgIpc) is 2.94. The molecule has 0 bridgehead atoms. The van der Waals surface area contributed by atoms with Crippen molar-refractivity contribution in [3.63, 3.8) is 0 Å². The molecule has 0 aliphatic carbocycles. The summed E-state index contributed by atoms with van der Waals surface area (Å²) in [6, 6.07) is 4.63. The molecule has 1 aliphatic heterocycles. The summed E-state index contributed by atoms with van der Waals surface area (Å²) in [5.41, 5.74) is 1.92. The van der Waals surface area contributed by atoms with Gasteiger partial charge in [0.25, 0.3) is 0 Å². The number of rotatable bonds is 6. The van der Waals surface area contributed by atoms with Crippen LogP contribution in [0.5, 0.6) is 0 Å². The van der Waals surface area contributed by atoms with E-state index in [1.165, 1.54) is 17.0 Å². The summed E-state index contributed by atoms with van der Waals surface area (Å²) in [7, 11) is 0. The Morgan fingerprint density at radius 3 is 2.70 bits per heavy atom. The van der Waals surface area contributed by atoms with Crippen LogP contribution in [0.15, 0.2) is 23.2 Å². The number of guanidine groups is 1. The van der Waals surface area contributed by atoms with Crippen LogP contribution >= 0.6 is 24.0 Å². The van der Waals surface area contributed by atoms with Crippen LogP contribution in [0.25, 0.3) is 0 Å². The summed E-state index contributed by atoms with van der Waals surface area (Å²) in [6.07, 6.45) is -2.84. The number of nitrogens with one attached hydrogen (secondary N) is 2. The summed E-state index contributed by atoms with van der Waals surface area (Å²) in [4.78, 5) is 5.90. The number of nitrogens with zero attached hydrogens (tertiary/aromatic N) is 2. The van der Waals surface area contributed by atoms with E-state index in [0.717, 1.165) is 11.1 Å². The summed E-state index contributed by atoms with van der Waals surface area (Å²) in [6.45, 7) is 4.88. The van der Waals surface area contributed by atoms with Gasteiger partial charge in [0.2, 0.25) is 0 Å². The largest absolute Gasteiger partial charge is 0.401 e. The Balaban J connectivity index is 0.00000364. The van der Waals surface area contributed by atoms with Gasteiger partial charge in [0.15, 0.2) is 5.96 Å². The number of benzene rings is 1. The number of likely N-dealkylation sites (tertiary alicyclic amines) is 1. The molecule has 1 aromatic carbocycles. The first-order chi connectivity index (χ1) is 12.3. The highest BCUT2D eigenvalue weighted by Gasteiger charge is 2.34. The van der Waals surface area contributed by atoms with Crippen LogP contribution in [-0.4, -0.2) is 55.8 Å². The fourth-order valence-electron chi connectivity index (χ4n) is 3.09. The van der Waals surface area contributed by atoms with E-state index in [9.17, 15) is 17.6 Å². The highest BCUT2D eigenvalue weighted by atomic mass is 127. The van der Waals surface area contributed by atoms with Crippen LogP contribution < -0.4 is 10.6 Å². The van der Waals surface area contributed by atoms with Crippen LogP contribution in [0.4, 0.5) is 17.6 Å². The van der Waals surface area contributed by atoms with Crippen molar-refractivity contribution in [2.75, 3.05) is 32.7 Å². The number of hydrogen-bond donors (Lipinski definition) is 2. The molecule has 27 heavy (non-hydrogen) atoms. The molecule has 0 aromatic heterocycles. The summed E-state index contributed by atoms with van der Waals surface area (Å²) in [5.74, 6) is 0.348. The summed E-state index contributed by atoms with van der Waals surface area (Å²) in [5, 5.41) is 6.33. The molecule has 1 atom stereocenters. The van der Waals surface area contributed by atoms with Gasteiger partial charge >= 0.3 is 6.18 Å². The van der Waals surface area contributed by atoms with Gasteiger partial charge in [-0.15, -0.1) is 24.0 Å². The molecule has 2 N–H and O–H groups in total. The molecule has 0 amide bonds. The third-order valence-corrected chi connectivity index (χ3v) is 4.32. The van der Waals surface area contributed by atoms with E-state index in [-0.39, 0.29) is 35.8 Å². The second-order valence-corrected chi connectivity index (χ2v) is 6.56. The van der Waals surface area contributed by atoms with Crippen molar-refractivity contribution < 1.29 is 17.6 Å². The Bertz CT molecular complexity index is 622. The quantitative estimate of drug-likeness (QED) is 0.271. The lowest BCUT2D eigenvalue weighted by atomic mass is 10.1. The van der Waals surface area contributed by atoms with Gasteiger partial charge in [0, 0.05) is 32.2 Å². The average molecular weight is 502 g/mol. The Labute approximate surface area is 174 Å². The monoisotopic (exact) mass is 502 g/mol. The maximum atomic E-state index is 13.1. The van der Waals surface area contributed by atoms with Crippen LogP contribution in [0.1, 0.15) is 24.5 Å². The van der Waals surface area contributed by atoms with E-state index in [4.69, 9.17) is 0 Å². The van der Waals surface area contributed by atoms with E-state index in [1.54, 1.807) is 6.07 Å². The minimum atomic E-state index is -4.17. The number of aryl methyl sites for hydroxylation is 1. The molecule has 0 radical (unpaired) electrons. The van der Waals surface area contributed by atoms with E-state index in [2.05, 4.69) is 15.6 Å². The normalized spacial score (nSPS) is 18.3. The molecule has 0 saturated carbocycles. The van der Waals surface area contributed by atoms with Crippen LogP contribution in [0.2, 0.25) is 0 Å². The zero-order valence-electron chi connectivity index (χ0n) is 15.6. The molecule has 0 spiro atoms. The van der Waals surface area contributed by atoms with Crippen LogP contribution in [0.3, 0.4) is 0 Å². The molecule has 1 heterocycles. The third-order valence-electron chi connectivity index (χ3n) is 4.32. The van der Waals surface area contributed by atoms with Crippen LogP contribution in [0, 0.1) is 12.7 Å². The highest BCUT2D eigenvalue weighted by Crippen LogP contribution is 2.20. The summed E-state index contributed by atoms with van der Waals surface area (Å²) >= 11 is 0. The SMILES string of the molecule is CCNC(=NCCc1ccc(F)cc1C)NC1CCN(CC(F)(F)F)C1.I. The predicted molar refractivity (Wildman–Crippen MR) is 110 cm³/mol. The van der Waals surface area contributed by atoms with E-state index in [1.807, 2.05) is 13.8 Å². The number of halogens is 5. The second kappa shape index (κ2) is 11.0. The van der Waals surface area contributed by atoms with Gasteiger partial charge in [-0.05, 0) is 49.9 Å². The van der Waals surface area contributed by atoms with Crippen molar-refractivity contribution in [2.45, 2.75) is 38.9 Å². The van der Waals surface area contributed by atoms with Crippen LogP contribution in [-0.2, 0) is 6.42 Å². The van der Waals surface area contributed by atoms with Gasteiger partial charge in [-0.25, -0.2) is 4.39 Å². The molecule has 9 heteroatoms. The molecule has 1 saturated heterocycles. The topological polar surface area (TPSA) is 39.7 Å². The molecule has 2 rings (SSSR count). The Kier molecular flexibility index (Phi) is 9.78. The van der Waals surface area contributed by atoms with Gasteiger partial charge in [-0.1, -0.05) is 6.07 Å². The van der Waals surface area contributed by atoms with Gasteiger partial charge in [0.05, 0.1) is 6.54 Å². The fourth-order valence-corrected chi connectivity index (χ4v) is 3.09. The maximum Gasteiger partial charge on any atom is 0.401 e. The Hall–Kier alpha value is -1.10. The first-order valence-corrected chi connectivity index (χ1v) is 8.86. The van der Waals surface area contributed by atoms with Crippen molar-refractivity contribution in [1.82, 2.24) is 15.5 Å². The lowest BCUT2D eigenvalue weighted by Crippen LogP contribution is -2.45. The predicted octanol–water partition coefficient (Wildman–Crippen LogP) is 3.49. The zero-order chi connectivity index (χ0) is 19.2. The van der Waals surface area contributed by atoms with Crippen molar-refractivity contribution in [2.24, 2.45) is 4.99 Å². The van der Waals surface area contributed by atoms with Crippen molar-refractivity contribution in [3.05, 3.63) is 35.1 Å². The standard InChI is InChI=1S/C18H26F4N4.HI/c1-3-23-17(24-8-6-14-4-5-15(19)10-13(14)2)25-16-7-9-26(11-16)12-18(20,21)22;/h4-5,10,16H,3,6-9,11-12H2,1-2H3,(H2,23,24,25);1H. The number of hydrogen-bond acceptors (Lipinski definition) is 2. The first kappa shape index (κ1) is 23.9. The first-order valence-electron chi connectivity index (χ1n) is 8.86. The molecule has 154 valence electrons. The minimum Gasteiger partial charge on any atom is -0.357 e. The Morgan fingerprint density at radius 1 is 1.33 bits per heavy atom. The van der Waals surface area contributed by atoms with Gasteiger partial charge < -0.3 is 10.6 Å². The molecule has 1 aromatic rings. The third kappa shape index (κ3) is 8.63. The lowest BCUT2D eigenvalue weighted by molar-refractivity contribution is -0.143. The van der Waals surface area contributed by atoms with Crippen molar-refractivity contribution in [3.8, 4) is 0 Å². The Morgan fingerprint density at radius 2 is 2.07 bits per heavy atom. The number of alkyl halides is 3. The lowest BCUT2D eigenvalue weighted by Gasteiger charge is -2.19. The van der Waals surface area contributed by atoms with E-state index in [0.29, 0.717) is 45.0 Å². The fraction of sp³-hybridized carbons (Fsp3) is 0.611. The second-order valence-electron chi connectivity index (χ2n) is 6.56. The van der Waals surface area contributed by atoms with E-state index >= 15 is 0 Å². The molecular weight excluding hydrogens is 475 g/mol. The smallest absolute Gasteiger partial charge is 0.357 e. The van der Waals surface area contributed by atoms with E-state index < -0.39 is 12.7 Å². The highest BCUT2D eigenvalue weighted by molar-refractivity contribution is 14.0. The van der Waals surface area contributed by atoms with Gasteiger partial charge in [-0.2, -0.15) is 13.2 Å². The van der Waals surface area contributed by atoms with Crippen molar-refractivity contribution >= 4 is 29.9 Å². The minimum absolute atomic E-state index is 0. The maximum absolute atomic E-state index is 13.1. The number of aliphatic imine (C=N–C) groups is 1. The summed E-state index contributed by atoms with van der Waals surface area (Å²) < 4.78 is 50.6. The molecule has 4 nitrogen and oxygen atoms in total. The molecular formula is C18H27F4IN4. The molecule has 1 unspecified atom stereocenters. The van der Waals surface area contributed by atoms with Gasteiger partial charge in [-0.3, -0.25) is 9.89 Å². The van der Waals surface area contributed by atoms with Gasteiger partial charge in [0.1, 0.15) is 5.82 Å². The van der Waals surface area contributed by atoms with Crippen molar-refractivity contribution in [1.29, 1.82) is 0 Å². The molecule has 1 fully saturated rings. The molecule has 1 aliphatic rings. The zero-order valence-corrected chi connectivity index (χ0v) is 17.9.